The standard InChI is InChI=1S/C33H42ClN5O9S/c1-5-20-14-33(20,29(42)38-49(44,45)23-9-10-23)36-27(40)25-16-32(15-24(37-48-32)19-7-6-8-21(34)13-19)18-39(25)28(41)26(31(2,3)4)35-30(43)47-22-11-12-46-17-22/h5-8,13,20,22-23,25-26H,1,9-12,14-18H2,2-4H3,(H,35,43)(H,36,40)(H,38,42)/t20-,22+,25+,26-,32-,33-/m1/s1. The van der Waals surface area contributed by atoms with Crippen molar-refractivity contribution in [3.8, 4) is 0 Å². The summed E-state index contributed by atoms with van der Waals surface area (Å²) in [5.74, 6) is -2.61. The molecule has 3 aliphatic heterocycles. The highest BCUT2D eigenvalue weighted by Gasteiger charge is 2.63. The van der Waals surface area contributed by atoms with Gasteiger partial charge < -0.3 is 29.8 Å². The lowest BCUT2D eigenvalue weighted by Gasteiger charge is -2.35. The van der Waals surface area contributed by atoms with Crippen LogP contribution in [0, 0.1) is 11.3 Å². The maximum absolute atomic E-state index is 14.5. The van der Waals surface area contributed by atoms with Crippen LogP contribution in [0.1, 0.15) is 64.9 Å². The van der Waals surface area contributed by atoms with Crippen LogP contribution in [0.15, 0.2) is 42.1 Å². The maximum atomic E-state index is 14.5. The van der Waals surface area contributed by atoms with Crippen LogP contribution in [0.3, 0.4) is 0 Å². The topological polar surface area (TPSA) is 182 Å². The number of carbonyl (C=O) groups excluding carboxylic acids is 4. The van der Waals surface area contributed by atoms with Crippen LogP contribution in [0.5, 0.6) is 0 Å². The summed E-state index contributed by atoms with van der Waals surface area (Å²) in [7, 11) is -3.90. The van der Waals surface area contributed by atoms with Crippen LogP contribution in [0.2, 0.25) is 5.02 Å². The van der Waals surface area contributed by atoms with E-state index < -0.39 is 79.7 Å². The van der Waals surface area contributed by atoms with Gasteiger partial charge in [-0.2, -0.15) is 0 Å². The molecule has 14 nitrogen and oxygen atoms in total. The maximum Gasteiger partial charge on any atom is 0.408 e. The van der Waals surface area contributed by atoms with Crippen LogP contribution < -0.4 is 15.4 Å². The lowest BCUT2D eigenvalue weighted by Crippen LogP contribution is -2.60. The van der Waals surface area contributed by atoms with Crippen LogP contribution in [-0.4, -0.2) is 97.2 Å². The third kappa shape index (κ3) is 7.29. The van der Waals surface area contributed by atoms with Crippen molar-refractivity contribution in [1.29, 1.82) is 0 Å². The van der Waals surface area contributed by atoms with Crippen LogP contribution in [0.25, 0.3) is 0 Å². The largest absolute Gasteiger partial charge is 0.444 e. The van der Waals surface area contributed by atoms with E-state index in [-0.39, 0.29) is 32.4 Å². The minimum absolute atomic E-state index is 0.00961. The van der Waals surface area contributed by atoms with Gasteiger partial charge in [-0.05, 0) is 36.8 Å². The molecule has 6 rings (SSSR count). The van der Waals surface area contributed by atoms with E-state index in [0.717, 1.165) is 5.56 Å². The van der Waals surface area contributed by atoms with Gasteiger partial charge in [-0.1, -0.05) is 55.7 Å². The SMILES string of the molecule is C=C[C@@H]1C[C@]1(NC(=O)[C@@H]1C[C@]2(CC(c3cccc(Cl)c3)=NO2)CN1C(=O)[C@@H](NC(=O)O[C@H]1CCOC1)C(C)(C)C)C(=O)NS(=O)(=O)C1CC1. The van der Waals surface area contributed by atoms with Crippen molar-refractivity contribution in [1.82, 2.24) is 20.3 Å². The monoisotopic (exact) mass is 719 g/mol. The second-order valence-electron chi connectivity index (χ2n) is 14.7. The minimum atomic E-state index is -3.90. The summed E-state index contributed by atoms with van der Waals surface area (Å²) in [6.07, 6.45) is 2.11. The van der Waals surface area contributed by atoms with Crippen molar-refractivity contribution in [2.75, 3.05) is 19.8 Å². The first-order valence-electron chi connectivity index (χ1n) is 16.4. The molecule has 0 unspecified atom stereocenters. The van der Waals surface area contributed by atoms with E-state index in [1.807, 2.05) is 6.07 Å². The first kappa shape index (κ1) is 35.1. The zero-order valence-electron chi connectivity index (χ0n) is 27.7. The first-order valence-corrected chi connectivity index (χ1v) is 18.4. The lowest BCUT2D eigenvalue weighted by atomic mass is 9.85. The van der Waals surface area contributed by atoms with Gasteiger partial charge in [0, 0.05) is 35.8 Å². The summed E-state index contributed by atoms with van der Waals surface area (Å²) in [6, 6.07) is 4.80. The summed E-state index contributed by atoms with van der Waals surface area (Å²) in [5, 5.41) is 9.67. The number of sulfonamides is 1. The van der Waals surface area contributed by atoms with Gasteiger partial charge in [-0.3, -0.25) is 19.1 Å². The fourth-order valence-electron chi connectivity index (χ4n) is 6.69. The Hall–Kier alpha value is -3.69. The van der Waals surface area contributed by atoms with Crippen molar-refractivity contribution in [3.05, 3.63) is 47.5 Å². The van der Waals surface area contributed by atoms with E-state index in [9.17, 15) is 27.6 Å². The molecule has 0 aromatic heterocycles. The van der Waals surface area contributed by atoms with E-state index in [1.54, 1.807) is 39.0 Å². The molecule has 1 aromatic rings. The average Bonchev–Trinajstić information content (AvgIpc) is 3.86. The fourth-order valence-corrected chi connectivity index (χ4v) is 8.25. The van der Waals surface area contributed by atoms with Gasteiger partial charge in [-0.25, -0.2) is 13.2 Å². The Labute approximate surface area is 290 Å². The molecular formula is C33H42ClN5O9S. The van der Waals surface area contributed by atoms with Crippen molar-refractivity contribution in [2.24, 2.45) is 16.5 Å². The zero-order valence-corrected chi connectivity index (χ0v) is 29.3. The zero-order chi connectivity index (χ0) is 35.4. The van der Waals surface area contributed by atoms with Crippen molar-refractivity contribution in [3.63, 3.8) is 0 Å². The highest BCUT2D eigenvalue weighted by atomic mass is 35.5. The quantitative estimate of drug-likeness (QED) is 0.306. The number of nitrogens with zero attached hydrogens (tertiary/aromatic N) is 2. The summed E-state index contributed by atoms with van der Waals surface area (Å²) in [6.45, 7) is 9.75. The number of hydrogen-bond donors (Lipinski definition) is 3. The molecule has 266 valence electrons. The molecule has 4 amide bonds. The number of halogens is 1. The van der Waals surface area contributed by atoms with Gasteiger partial charge in [0.15, 0.2) is 5.60 Å². The number of alkyl carbamates (subject to hydrolysis) is 1. The van der Waals surface area contributed by atoms with E-state index in [2.05, 4.69) is 27.1 Å². The van der Waals surface area contributed by atoms with Crippen LogP contribution in [-0.2, 0) is 38.7 Å². The molecule has 1 aromatic carbocycles. The van der Waals surface area contributed by atoms with E-state index >= 15 is 0 Å². The number of hydrogen-bond acceptors (Lipinski definition) is 10. The Bertz CT molecular complexity index is 1690. The third-order valence-corrected chi connectivity index (χ3v) is 11.8. The smallest absolute Gasteiger partial charge is 0.408 e. The molecule has 4 fully saturated rings. The van der Waals surface area contributed by atoms with E-state index in [1.165, 1.54) is 11.0 Å². The van der Waals surface area contributed by atoms with Gasteiger partial charge in [0.05, 0.1) is 30.7 Å². The second-order valence-corrected chi connectivity index (χ2v) is 17.1. The van der Waals surface area contributed by atoms with Crippen LogP contribution >= 0.6 is 11.6 Å². The molecule has 0 bridgehead atoms. The summed E-state index contributed by atoms with van der Waals surface area (Å²) in [4.78, 5) is 62.5. The number of rotatable bonds is 10. The Morgan fingerprint density at radius 2 is 1.94 bits per heavy atom. The summed E-state index contributed by atoms with van der Waals surface area (Å²) < 4.78 is 38.2. The summed E-state index contributed by atoms with van der Waals surface area (Å²) >= 11 is 6.22. The van der Waals surface area contributed by atoms with Crippen LogP contribution in [0.4, 0.5) is 4.79 Å². The van der Waals surface area contributed by atoms with Crippen molar-refractivity contribution >= 4 is 51.2 Å². The van der Waals surface area contributed by atoms with E-state index in [0.29, 0.717) is 36.6 Å². The second kappa shape index (κ2) is 12.9. The Kier molecular flexibility index (Phi) is 9.24. The Morgan fingerprint density at radius 3 is 2.55 bits per heavy atom. The van der Waals surface area contributed by atoms with Gasteiger partial charge in [0.25, 0.3) is 5.91 Å². The highest BCUT2D eigenvalue weighted by Crippen LogP contribution is 2.46. The van der Waals surface area contributed by atoms with Gasteiger partial charge in [0.1, 0.15) is 23.7 Å². The molecule has 49 heavy (non-hydrogen) atoms. The third-order valence-electron chi connectivity index (χ3n) is 9.77. The molecule has 6 atom stereocenters. The fraction of sp³-hybridized carbons (Fsp3) is 0.606. The van der Waals surface area contributed by atoms with Gasteiger partial charge in [-0.15, -0.1) is 6.58 Å². The Balaban J connectivity index is 1.26. The van der Waals surface area contributed by atoms with Crippen molar-refractivity contribution in [2.45, 2.75) is 93.9 Å². The van der Waals surface area contributed by atoms with E-state index in [4.69, 9.17) is 25.9 Å². The number of carbonyl (C=O) groups is 4. The number of amides is 4. The number of likely N-dealkylation sites (tertiary alicyclic amines) is 1. The Morgan fingerprint density at radius 1 is 1.18 bits per heavy atom. The molecule has 2 saturated heterocycles. The number of oxime groups is 1. The molecule has 0 radical (unpaired) electrons. The molecule has 2 aliphatic carbocycles. The van der Waals surface area contributed by atoms with Gasteiger partial charge >= 0.3 is 6.09 Å². The molecule has 1 spiro atoms. The number of ether oxygens (including phenoxy) is 2. The molecule has 5 aliphatic rings. The predicted molar refractivity (Wildman–Crippen MR) is 178 cm³/mol. The molecular weight excluding hydrogens is 678 g/mol. The number of benzene rings is 1. The molecule has 3 N–H and O–H groups in total. The molecule has 2 saturated carbocycles. The normalized spacial score (nSPS) is 29.8. The number of nitrogens with one attached hydrogen (secondary N) is 3. The molecule has 16 heteroatoms. The van der Waals surface area contributed by atoms with Crippen molar-refractivity contribution < 1.29 is 41.9 Å². The minimum Gasteiger partial charge on any atom is -0.444 e. The highest BCUT2D eigenvalue weighted by molar-refractivity contribution is 7.91. The average molecular weight is 720 g/mol. The predicted octanol–water partition coefficient (Wildman–Crippen LogP) is 2.40. The summed E-state index contributed by atoms with van der Waals surface area (Å²) in [5.41, 5.74) is -2.17. The van der Waals surface area contributed by atoms with Gasteiger partial charge in [0.2, 0.25) is 21.8 Å². The first-order chi connectivity index (χ1) is 23.1. The molecule has 3 heterocycles. The lowest BCUT2D eigenvalue weighted by molar-refractivity contribution is -0.143.